The molecule has 1 amide bonds. The van der Waals surface area contributed by atoms with Gasteiger partial charge in [-0.15, -0.1) is 0 Å². The number of likely N-dealkylation sites (tertiary alicyclic amines) is 1. The van der Waals surface area contributed by atoms with Crippen LogP contribution in [0.2, 0.25) is 0 Å². The molecule has 0 aromatic heterocycles. The largest absolute Gasteiger partial charge is 0.341 e. The maximum Gasteiger partial charge on any atom is 0.239 e. The van der Waals surface area contributed by atoms with Gasteiger partial charge in [0.05, 0.1) is 6.04 Å². The summed E-state index contributed by atoms with van der Waals surface area (Å²) >= 11 is 4.41. The summed E-state index contributed by atoms with van der Waals surface area (Å²) in [6.45, 7) is 5.86. The Kier molecular flexibility index (Phi) is 4.27. The molecule has 18 heavy (non-hydrogen) atoms. The van der Waals surface area contributed by atoms with Crippen molar-refractivity contribution in [2.45, 2.75) is 45.6 Å². The average Bonchev–Trinajstić information content (AvgIpc) is 2.95. The van der Waals surface area contributed by atoms with Gasteiger partial charge in [0.25, 0.3) is 0 Å². The number of nitrogens with two attached hydrogens (primary N) is 1. The van der Waals surface area contributed by atoms with E-state index < -0.39 is 0 Å². The van der Waals surface area contributed by atoms with E-state index in [2.05, 4.69) is 12.6 Å². The van der Waals surface area contributed by atoms with Crippen LogP contribution < -0.4 is 5.73 Å². The standard InChI is InChI=1S/C14H26N2OS/c1-10(2)12(15)13(17)16-6-5-14(9-16)4-3-11(7-14)8-18/h10-12,18H,3-9,15H2,1-2H3/t11-,12-,14+/m1/s1. The van der Waals surface area contributed by atoms with Crippen molar-refractivity contribution in [2.24, 2.45) is 23.0 Å². The summed E-state index contributed by atoms with van der Waals surface area (Å²) in [5.41, 5.74) is 6.37. The Morgan fingerprint density at radius 1 is 1.50 bits per heavy atom. The molecule has 1 aliphatic carbocycles. The van der Waals surface area contributed by atoms with Crippen molar-refractivity contribution >= 4 is 18.5 Å². The fraction of sp³-hybridized carbons (Fsp3) is 0.929. The lowest BCUT2D eigenvalue weighted by molar-refractivity contribution is -0.132. The van der Waals surface area contributed by atoms with Crippen LogP contribution in [0.4, 0.5) is 0 Å². The summed E-state index contributed by atoms with van der Waals surface area (Å²) in [5, 5.41) is 0. The predicted octanol–water partition coefficient (Wildman–Crippen LogP) is 1.92. The molecule has 2 rings (SSSR count). The van der Waals surface area contributed by atoms with Crippen molar-refractivity contribution in [1.29, 1.82) is 0 Å². The topological polar surface area (TPSA) is 46.3 Å². The average molecular weight is 270 g/mol. The first-order valence-corrected chi connectivity index (χ1v) is 7.76. The van der Waals surface area contributed by atoms with Crippen LogP contribution >= 0.6 is 12.6 Å². The molecule has 0 bridgehead atoms. The summed E-state index contributed by atoms with van der Waals surface area (Å²) in [4.78, 5) is 14.3. The first-order chi connectivity index (χ1) is 8.47. The van der Waals surface area contributed by atoms with Crippen molar-refractivity contribution in [3.63, 3.8) is 0 Å². The molecule has 104 valence electrons. The van der Waals surface area contributed by atoms with Gasteiger partial charge in [0, 0.05) is 13.1 Å². The SMILES string of the molecule is CC(C)[C@@H](N)C(=O)N1CC[C@]2(CC[C@@H](CS)C2)C1. The second kappa shape index (κ2) is 5.41. The van der Waals surface area contributed by atoms with Gasteiger partial charge in [-0.05, 0) is 48.7 Å². The van der Waals surface area contributed by atoms with Gasteiger partial charge in [-0.2, -0.15) is 12.6 Å². The second-order valence-corrected chi connectivity index (χ2v) is 6.94. The van der Waals surface area contributed by atoms with Gasteiger partial charge in [-0.25, -0.2) is 0 Å². The van der Waals surface area contributed by atoms with Crippen LogP contribution in [0.1, 0.15) is 39.5 Å². The molecule has 2 N–H and O–H groups in total. The fourth-order valence-corrected chi connectivity index (χ4v) is 3.78. The highest BCUT2D eigenvalue weighted by Gasteiger charge is 2.45. The zero-order valence-corrected chi connectivity index (χ0v) is 12.5. The highest BCUT2D eigenvalue weighted by molar-refractivity contribution is 7.80. The van der Waals surface area contributed by atoms with Crippen molar-refractivity contribution in [3.8, 4) is 0 Å². The molecule has 1 heterocycles. The van der Waals surface area contributed by atoms with Crippen molar-refractivity contribution in [2.75, 3.05) is 18.8 Å². The smallest absolute Gasteiger partial charge is 0.239 e. The van der Waals surface area contributed by atoms with Gasteiger partial charge in [0.15, 0.2) is 0 Å². The van der Waals surface area contributed by atoms with Crippen LogP contribution in [0.15, 0.2) is 0 Å². The minimum absolute atomic E-state index is 0.149. The summed E-state index contributed by atoms with van der Waals surface area (Å²) in [7, 11) is 0. The van der Waals surface area contributed by atoms with Crippen LogP contribution in [-0.4, -0.2) is 35.7 Å². The highest BCUT2D eigenvalue weighted by atomic mass is 32.1. The van der Waals surface area contributed by atoms with E-state index in [-0.39, 0.29) is 17.9 Å². The Labute approximate surface area is 116 Å². The third-order valence-electron chi connectivity index (χ3n) is 4.82. The molecule has 2 fully saturated rings. The molecular weight excluding hydrogens is 244 g/mol. The van der Waals surface area contributed by atoms with E-state index in [1.54, 1.807) is 0 Å². The fourth-order valence-electron chi connectivity index (χ4n) is 3.47. The second-order valence-electron chi connectivity index (χ2n) is 6.57. The molecule has 1 spiro atoms. The minimum atomic E-state index is -0.331. The molecule has 4 heteroatoms. The number of thiol groups is 1. The monoisotopic (exact) mass is 270 g/mol. The molecule has 0 unspecified atom stereocenters. The van der Waals surface area contributed by atoms with Crippen LogP contribution in [0.3, 0.4) is 0 Å². The van der Waals surface area contributed by atoms with E-state index in [1.807, 2.05) is 18.7 Å². The number of hydrogen-bond donors (Lipinski definition) is 2. The molecule has 3 atom stereocenters. The Bertz CT molecular complexity index is 321. The van der Waals surface area contributed by atoms with Crippen molar-refractivity contribution in [3.05, 3.63) is 0 Å². The number of nitrogens with zero attached hydrogens (tertiary/aromatic N) is 1. The number of carbonyl (C=O) groups is 1. The Hall–Kier alpha value is -0.220. The maximum atomic E-state index is 12.3. The van der Waals surface area contributed by atoms with Gasteiger partial charge < -0.3 is 10.6 Å². The Morgan fingerprint density at radius 2 is 2.22 bits per heavy atom. The number of hydrogen-bond acceptors (Lipinski definition) is 3. The molecular formula is C14H26N2OS. The molecule has 0 aromatic rings. The van der Waals surface area contributed by atoms with Crippen molar-refractivity contribution in [1.82, 2.24) is 4.90 Å². The first-order valence-electron chi connectivity index (χ1n) is 7.13. The van der Waals surface area contributed by atoms with E-state index in [1.165, 1.54) is 19.3 Å². The third kappa shape index (κ3) is 2.69. The molecule has 1 saturated carbocycles. The van der Waals surface area contributed by atoms with Gasteiger partial charge in [-0.3, -0.25) is 4.79 Å². The van der Waals surface area contributed by atoms with E-state index in [4.69, 9.17) is 5.73 Å². The van der Waals surface area contributed by atoms with Crippen LogP contribution in [0.25, 0.3) is 0 Å². The lowest BCUT2D eigenvalue weighted by atomic mass is 9.84. The van der Waals surface area contributed by atoms with E-state index in [9.17, 15) is 4.79 Å². The third-order valence-corrected chi connectivity index (χ3v) is 5.33. The summed E-state index contributed by atoms with van der Waals surface area (Å²) in [5.74, 6) is 2.11. The van der Waals surface area contributed by atoms with E-state index >= 15 is 0 Å². The van der Waals surface area contributed by atoms with Crippen LogP contribution in [-0.2, 0) is 4.79 Å². The molecule has 1 aliphatic heterocycles. The van der Waals surface area contributed by atoms with Crippen molar-refractivity contribution < 1.29 is 4.79 Å². The lowest BCUT2D eigenvalue weighted by Gasteiger charge is -2.26. The normalized spacial score (nSPS) is 33.6. The summed E-state index contributed by atoms with van der Waals surface area (Å²) in [6, 6.07) is -0.331. The molecule has 1 saturated heterocycles. The maximum absolute atomic E-state index is 12.3. The lowest BCUT2D eigenvalue weighted by Crippen LogP contribution is -2.46. The number of rotatable bonds is 3. The molecule has 3 nitrogen and oxygen atoms in total. The number of amides is 1. The first kappa shape index (κ1) is 14.2. The number of carbonyl (C=O) groups excluding carboxylic acids is 1. The predicted molar refractivity (Wildman–Crippen MR) is 77.6 cm³/mol. The quantitative estimate of drug-likeness (QED) is 0.770. The summed E-state index contributed by atoms with van der Waals surface area (Å²) in [6.07, 6.45) is 4.95. The van der Waals surface area contributed by atoms with E-state index in [0.29, 0.717) is 5.41 Å². The van der Waals surface area contributed by atoms with Gasteiger partial charge in [0.2, 0.25) is 5.91 Å². The van der Waals surface area contributed by atoms with Gasteiger partial charge >= 0.3 is 0 Å². The molecule has 0 radical (unpaired) electrons. The Balaban J connectivity index is 1.94. The zero-order valence-electron chi connectivity index (χ0n) is 11.6. The molecule has 0 aromatic carbocycles. The minimum Gasteiger partial charge on any atom is -0.341 e. The zero-order chi connectivity index (χ0) is 13.3. The summed E-state index contributed by atoms with van der Waals surface area (Å²) < 4.78 is 0. The van der Waals surface area contributed by atoms with Gasteiger partial charge in [0.1, 0.15) is 0 Å². The highest BCUT2D eigenvalue weighted by Crippen LogP contribution is 2.48. The van der Waals surface area contributed by atoms with Crippen LogP contribution in [0.5, 0.6) is 0 Å². The van der Waals surface area contributed by atoms with Crippen LogP contribution in [0, 0.1) is 17.3 Å². The van der Waals surface area contributed by atoms with E-state index in [0.717, 1.165) is 31.2 Å². The molecule has 2 aliphatic rings. The van der Waals surface area contributed by atoms with Gasteiger partial charge in [-0.1, -0.05) is 13.8 Å². The Morgan fingerprint density at radius 3 is 2.78 bits per heavy atom.